The molecule has 2 rings (SSSR count). The van der Waals surface area contributed by atoms with E-state index in [0.717, 1.165) is 48.7 Å². The molecule has 2 atom stereocenters. The smallest absolute Gasteiger partial charge is 0.322 e. The van der Waals surface area contributed by atoms with E-state index in [9.17, 15) is 10.0 Å². The Morgan fingerprint density at radius 2 is 2.33 bits per heavy atom. The van der Waals surface area contributed by atoms with Crippen LogP contribution in [0.4, 0.5) is 0 Å². The van der Waals surface area contributed by atoms with Crippen LogP contribution in [-0.2, 0) is 9.53 Å². The molecule has 0 bridgehead atoms. The molecule has 0 saturated heterocycles. The molecule has 0 spiro atoms. The molecular formula is C13H21INO3+. The van der Waals surface area contributed by atoms with Crippen LogP contribution in [0.2, 0.25) is 0 Å². The molecule has 1 fully saturated rings. The maximum atomic E-state index is 12.3. The molecule has 1 saturated carbocycles. The van der Waals surface area contributed by atoms with Gasteiger partial charge in [0.25, 0.3) is 0 Å². The highest BCUT2D eigenvalue weighted by molar-refractivity contribution is 14.1. The van der Waals surface area contributed by atoms with Gasteiger partial charge in [-0.25, -0.2) is 0 Å². The number of hydroxylamine groups is 1. The number of alkyl halides is 1. The second kappa shape index (κ2) is 5.75. The summed E-state index contributed by atoms with van der Waals surface area (Å²) in [5.41, 5.74) is 0.366. The van der Waals surface area contributed by atoms with Gasteiger partial charge in [-0.2, -0.15) is 0 Å². The van der Waals surface area contributed by atoms with Gasteiger partial charge in [-0.05, 0) is 30.9 Å². The van der Waals surface area contributed by atoms with Crippen LogP contribution in [0, 0.1) is 5.41 Å². The lowest BCUT2D eigenvalue weighted by atomic mass is 9.67. The number of esters is 1. The van der Waals surface area contributed by atoms with Gasteiger partial charge in [0.2, 0.25) is 11.8 Å². The van der Waals surface area contributed by atoms with Crippen LogP contribution < -0.4 is 0 Å². The van der Waals surface area contributed by atoms with Crippen LogP contribution >= 0.6 is 22.6 Å². The number of nitrogens with zero attached hydrogens (tertiary/aromatic N) is 1. The molecule has 0 aromatic carbocycles. The first-order chi connectivity index (χ1) is 8.65. The fourth-order valence-corrected chi connectivity index (χ4v) is 4.01. The van der Waals surface area contributed by atoms with Gasteiger partial charge in [0.1, 0.15) is 0 Å². The monoisotopic (exact) mass is 366 g/mol. The Balaban J connectivity index is 2.37. The van der Waals surface area contributed by atoms with Crippen LogP contribution in [0.1, 0.15) is 45.4 Å². The minimum atomic E-state index is -0.536. The lowest BCUT2D eigenvalue weighted by Crippen LogP contribution is -2.52. The van der Waals surface area contributed by atoms with Crippen LogP contribution in [0.3, 0.4) is 0 Å². The standard InChI is InChI=1S/C13H21INO3/c1-2-18-12(16)13-7-4-3-5-11(13)15(17)10(9-14)6-8-13/h10,17H,2-9H2,1H3/q+1/t10-,13?/m0/s1. The molecule has 1 heterocycles. The average Bonchev–Trinajstić information content (AvgIpc) is 2.39. The van der Waals surface area contributed by atoms with Crippen molar-refractivity contribution in [2.75, 3.05) is 11.0 Å². The third-order valence-corrected chi connectivity index (χ3v) is 5.21. The molecule has 0 aromatic heterocycles. The summed E-state index contributed by atoms with van der Waals surface area (Å²) in [4.78, 5) is 12.3. The molecule has 1 aliphatic carbocycles. The predicted molar refractivity (Wildman–Crippen MR) is 76.5 cm³/mol. The highest BCUT2D eigenvalue weighted by atomic mass is 127. The molecule has 0 amide bonds. The summed E-state index contributed by atoms with van der Waals surface area (Å²) in [5.74, 6) is -0.134. The van der Waals surface area contributed by atoms with E-state index in [2.05, 4.69) is 22.6 Å². The van der Waals surface area contributed by atoms with Crippen molar-refractivity contribution in [3.8, 4) is 0 Å². The first kappa shape index (κ1) is 14.1. The molecule has 2 aliphatic rings. The number of fused-ring (bicyclic) bond motifs is 1. The molecule has 102 valence electrons. The molecule has 4 nitrogen and oxygen atoms in total. The van der Waals surface area contributed by atoms with E-state index in [0.29, 0.717) is 6.61 Å². The third kappa shape index (κ3) is 2.26. The number of hydrogen-bond donors (Lipinski definition) is 1. The van der Waals surface area contributed by atoms with Gasteiger partial charge >= 0.3 is 5.97 Å². The van der Waals surface area contributed by atoms with Gasteiger partial charge in [-0.15, -0.1) is 0 Å². The second-order valence-corrected chi connectivity index (χ2v) is 6.03. The number of hydrogen-bond acceptors (Lipinski definition) is 3. The van der Waals surface area contributed by atoms with Crippen LogP contribution in [0.15, 0.2) is 0 Å². The summed E-state index contributed by atoms with van der Waals surface area (Å²) < 4.78 is 7.53. The van der Waals surface area contributed by atoms with Gasteiger partial charge in [0.05, 0.1) is 11.0 Å². The van der Waals surface area contributed by atoms with E-state index in [1.54, 1.807) is 0 Å². The number of carbonyl (C=O) groups is 1. The van der Waals surface area contributed by atoms with Crippen LogP contribution in [0.5, 0.6) is 0 Å². The van der Waals surface area contributed by atoms with Gasteiger partial charge in [0.15, 0.2) is 5.41 Å². The van der Waals surface area contributed by atoms with Crippen molar-refractivity contribution in [3.05, 3.63) is 0 Å². The van der Waals surface area contributed by atoms with Crippen molar-refractivity contribution >= 4 is 34.3 Å². The Morgan fingerprint density at radius 3 is 3.00 bits per heavy atom. The molecule has 0 aromatic rings. The normalized spacial score (nSPS) is 32.0. The van der Waals surface area contributed by atoms with Crippen molar-refractivity contribution in [2.24, 2.45) is 5.41 Å². The summed E-state index contributed by atoms with van der Waals surface area (Å²) in [6, 6.07) is 0.154. The lowest BCUT2D eigenvalue weighted by molar-refractivity contribution is -0.801. The van der Waals surface area contributed by atoms with E-state index in [1.807, 2.05) is 6.92 Å². The zero-order valence-corrected chi connectivity index (χ0v) is 13.0. The summed E-state index contributed by atoms with van der Waals surface area (Å²) in [7, 11) is 0. The first-order valence-corrected chi connectivity index (χ1v) is 8.26. The van der Waals surface area contributed by atoms with Crippen molar-refractivity contribution in [1.82, 2.24) is 0 Å². The van der Waals surface area contributed by atoms with E-state index in [-0.39, 0.29) is 12.0 Å². The fourth-order valence-electron chi connectivity index (χ4n) is 3.20. The quantitative estimate of drug-likeness (QED) is 0.275. The SMILES string of the molecule is CCOC(=O)C12CCCCC1=[N+](O)[C@H](CI)CC2. The largest absolute Gasteiger partial charge is 0.465 e. The molecule has 1 aliphatic heterocycles. The van der Waals surface area contributed by atoms with Gasteiger partial charge in [-0.3, -0.25) is 10.0 Å². The highest BCUT2D eigenvalue weighted by Crippen LogP contribution is 2.42. The first-order valence-electron chi connectivity index (χ1n) is 6.73. The minimum absolute atomic E-state index is 0.134. The van der Waals surface area contributed by atoms with Crippen molar-refractivity contribution < 1.29 is 19.5 Å². The highest BCUT2D eigenvalue weighted by Gasteiger charge is 2.55. The minimum Gasteiger partial charge on any atom is -0.465 e. The second-order valence-electron chi connectivity index (χ2n) is 5.15. The third-order valence-electron chi connectivity index (χ3n) is 4.19. The average molecular weight is 366 g/mol. The van der Waals surface area contributed by atoms with Crippen LogP contribution in [0.25, 0.3) is 0 Å². The zero-order chi connectivity index (χ0) is 13.2. The molecule has 1 unspecified atom stereocenters. The lowest BCUT2D eigenvalue weighted by Gasteiger charge is -2.36. The van der Waals surface area contributed by atoms with Gasteiger partial charge in [-0.1, -0.05) is 29.0 Å². The molecular weight excluding hydrogens is 345 g/mol. The molecule has 0 radical (unpaired) electrons. The molecule has 1 N–H and O–H groups in total. The Morgan fingerprint density at radius 1 is 1.56 bits per heavy atom. The Kier molecular flexibility index (Phi) is 4.50. The summed E-state index contributed by atoms with van der Waals surface area (Å²) in [6.07, 6.45) is 5.44. The Hall–Kier alpha value is -0.330. The summed E-state index contributed by atoms with van der Waals surface area (Å²) in [5, 5.41) is 10.3. The van der Waals surface area contributed by atoms with E-state index in [1.165, 1.54) is 4.74 Å². The van der Waals surface area contributed by atoms with Gasteiger partial charge in [0, 0.05) is 12.8 Å². The number of carbonyl (C=O) groups excluding carboxylic acids is 1. The number of ether oxygens (including phenoxy) is 1. The van der Waals surface area contributed by atoms with E-state index < -0.39 is 5.41 Å². The summed E-state index contributed by atoms with van der Waals surface area (Å²) >= 11 is 2.29. The predicted octanol–water partition coefficient (Wildman–Crippen LogP) is 2.55. The fraction of sp³-hybridized carbons (Fsp3) is 0.846. The van der Waals surface area contributed by atoms with E-state index >= 15 is 0 Å². The van der Waals surface area contributed by atoms with E-state index in [4.69, 9.17) is 4.74 Å². The number of halogens is 1. The number of rotatable bonds is 3. The maximum absolute atomic E-state index is 12.3. The van der Waals surface area contributed by atoms with Crippen LogP contribution in [-0.4, -0.2) is 38.7 Å². The van der Waals surface area contributed by atoms with Crippen molar-refractivity contribution in [2.45, 2.75) is 51.5 Å². The Labute approximate surface area is 121 Å². The molecule has 18 heavy (non-hydrogen) atoms. The van der Waals surface area contributed by atoms with Gasteiger partial charge < -0.3 is 4.74 Å². The topological polar surface area (TPSA) is 49.5 Å². The zero-order valence-electron chi connectivity index (χ0n) is 10.8. The summed E-state index contributed by atoms with van der Waals surface area (Å²) in [6.45, 7) is 2.25. The van der Waals surface area contributed by atoms with Crippen molar-refractivity contribution in [3.63, 3.8) is 0 Å². The van der Waals surface area contributed by atoms with Crippen molar-refractivity contribution in [1.29, 1.82) is 0 Å². The maximum Gasteiger partial charge on any atom is 0.322 e. The molecule has 5 heteroatoms. The Bertz CT molecular complexity index is 369.